The topological polar surface area (TPSA) is 49.4 Å². The molecule has 2 unspecified atom stereocenters. The summed E-state index contributed by atoms with van der Waals surface area (Å²) in [6.45, 7) is 6.85. The SMILES string of the molecule is CC(C)(C)[Si](OC1CCCc2cc(S(=O)[O-])ccc21)(c1ccccc1)c1ccccc1. The Balaban J connectivity index is 1.87. The molecule has 3 aromatic carbocycles. The Labute approximate surface area is 188 Å². The Hall–Kier alpha value is -2.05. The number of hydrogen-bond donors (Lipinski definition) is 0. The third kappa shape index (κ3) is 4.20. The molecule has 162 valence electrons. The van der Waals surface area contributed by atoms with Gasteiger partial charge in [0.2, 0.25) is 0 Å². The molecule has 0 aliphatic heterocycles. The van der Waals surface area contributed by atoms with Crippen molar-refractivity contribution in [2.24, 2.45) is 0 Å². The zero-order valence-corrected chi connectivity index (χ0v) is 20.2. The lowest BCUT2D eigenvalue weighted by molar-refractivity contribution is 0.169. The molecule has 0 bridgehead atoms. The van der Waals surface area contributed by atoms with Crippen LogP contribution in [0.4, 0.5) is 0 Å². The molecule has 0 saturated carbocycles. The molecule has 4 rings (SSSR count). The van der Waals surface area contributed by atoms with E-state index in [2.05, 4.69) is 81.4 Å². The zero-order valence-electron chi connectivity index (χ0n) is 18.3. The highest BCUT2D eigenvalue weighted by atomic mass is 32.2. The van der Waals surface area contributed by atoms with Crippen molar-refractivity contribution in [1.82, 2.24) is 0 Å². The van der Waals surface area contributed by atoms with Gasteiger partial charge < -0.3 is 8.98 Å². The first-order valence-corrected chi connectivity index (χ1v) is 13.8. The lowest BCUT2D eigenvalue weighted by Crippen LogP contribution is -2.67. The molecule has 3 nitrogen and oxygen atoms in total. The monoisotopic (exact) mass is 449 g/mol. The Bertz CT molecular complexity index is 1020. The second kappa shape index (κ2) is 8.83. The maximum atomic E-state index is 11.5. The first-order valence-electron chi connectivity index (χ1n) is 10.8. The fourth-order valence-electron chi connectivity index (χ4n) is 4.88. The average molecular weight is 450 g/mol. The van der Waals surface area contributed by atoms with Gasteiger partial charge in [-0.25, -0.2) is 0 Å². The highest BCUT2D eigenvalue weighted by molar-refractivity contribution is 7.79. The number of rotatable bonds is 5. The van der Waals surface area contributed by atoms with Crippen LogP contribution in [-0.2, 0) is 21.9 Å². The van der Waals surface area contributed by atoms with Gasteiger partial charge in [-0.15, -0.1) is 0 Å². The largest absolute Gasteiger partial charge is 0.768 e. The molecule has 0 spiro atoms. The van der Waals surface area contributed by atoms with E-state index >= 15 is 0 Å². The van der Waals surface area contributed by atoms with Crippen molar-refractivity contribution in [2.75, 3.05) is 0 Å². The van der Waals surface area contributed by atoms with E-state index in [1.807, 2.05) is 12.1 Å². The molecule has 31 heavy (non-hydrogen) atoms. The van der Waals surface area contributed by atoms with Crippen LogP contribution >= 0.6 is 0 Å². The molecule has 0 amide bonds. The minimum absolute atomic E-state index is 0.0517. The minimum Gasteiger partial charge on any atom is -0.768 e. The van der Waals surface area contributed by atoms with Gasteiger partial charge >= 0.3 is 0 Å². The summed E-state index contributed by atoms with van der Waals surface area (Å²) in [6, 6.07) is 26.8. The summed E-state index contributed by atoms with van der Waals surface area (Å²) in [5.41, 5.74) is 2.23. The number of hydrogen-bond acceptors (Lipinski definition) is 3. The molecule has 1 aliphatic rings. The van der Waals surface area contributed by atoms with Gasteiger partial charge in [-0.1, -0.05) is 87.5 Å². The van der Waals surface area contributed by atoms with Gasteiger partial charge in [0.15, 0.2) is 0 Å². The van der Waals surface area contributed by atoms with Crippen molar-refractivity contribution in [3.05, 3.63) is 90.0 Å². The molecule has 3 aromatic rings. The summed E-state index contributed by atoms with van der Waals surface area (Å²) in [7, 11) is -2.66. The lowest BCUT2D eigenvalue weighted by atomic mass is 9.90. The van der Waals surface area contributed by atoms with Crippen LogP contribution in [0, 0.1) is 0 Å². The Kier molecular flexibility index (Phi) is 6.31. The van der Waals surface area contributed by atoms with Crippen LogP contribution in [0.25, 0.3) is 0 Å². The van der Waals surface area contributed by atoms with Crippen LogP contribution in [-0.4, -0.2) is 17.1 Å². The second-order valence-corrected chi connectivity index (χ2v) is 14.5. The lowest BCUT2D eigenvalue weighted by Gasteiger charge is -2.46. The third-order valence-electron chi connectivity index (χ3n) is 6.30. The van der Waals surface area contributed by atoms with E-state index < -0.39 is 19.4 Å². The Morgan fingerprint density at radius 1 is 0.935 bits per heavy atom. The zero-order chi connectivity index (χ0) is 22.1. The fourth-order valence-corrected chi connectivity index (χ4v) is 9.98. The molecular formula is C26H29O3SSi-. The average Bonchev–Trinajstić information content (AvgIpc) is 2.77. The third-order valence-corrected chi connectivity index (χ3v) is 12.0. The normalized spacial score (nSPS) is 17.7. The molecule has 0 fully saturated rings. The van der Waals surface area contributed by atoms with Gasteiger partial charge in [0.05, 0.1) is 6.10 Å². The fraction of sp³-hybridized carbons (Fsp3) is 0.308. The van der Waals surface area contributed by atoms with Gasteiger partial charge in [0, 0.05) is 4.90 Å². The van der Waals surface area contributed by atoms with E-state index in [-0.39, 0.29) is 11.1 Å². The predicted octanol–water partition coefficient (Wildman–Crippen LogP) is 4.88. The van der Waals surface area contributed by atoms with Crippen molar-refractivity contribution in [2.45, 2.75) is 56.1 Å². The van der Waals surface area contributed by atoms with Crippen LogP contribution < -0.4 is 10.4 Å². The molecule has 0 N–H and O–H groups in total. The number of aryl methyl sites for hydroxylation is 1. The van der Waals surface area contributed by atoms with Gasteiger partial charge in [0.25, 0.3) is 8.32 Å². The smallest absolute Gasteiger partial charge is 0.261 e. The Morgan fingerprint density at radius 2 is 1.52 bits per heavy atom. The van der Waals surface area contributed by atoms with Crippen LogP contribution in [0.3, 0.4) is 0 Å². The molecular weight excluding hydrogens is 420 g/mol. The maximum Gasteiger partial charge on any atom is 0.261 e. The van der Waals surface area contributed by atoms with E-state index in [1.165, 1.54) is 10.4 Å². The van der Waals surface area contributed by atoms with E-state index in [0.29, 0.717) is 4.90 Å². The molecule has 0 aromatic heterocycles. The first-order chi connectivity index (χ1) is 14.8. The quantitative estimate of drug-likeness (QED) is 0.412. The summed E-state index contributed by atoms with van der Waals surface area (Å²) in [5, 5.41) is 2.43. The maximum absolute atomic E-state index is 11.5. The van der Waals surface area contributed by atoms with Gasteiger partial charge in [0.1, 0.15) is 0 Å². The molecule has 1 aliphatic carbocycles. The van der Waals surface area contributed by atoms with E-state index in [4.69, 9.17) is 4.43 Å². The van der Waals surface area contributed by atoms with Crippen molar-refractivity contribution >= 4 is 29.8 Å². The van der Waals surface area contributed by atoms with Crippen molar-refractivity contribution in [3.8, 4) is 0 Å². The predicted molar refractivity (Wildman–Crippen MR) is 128 cm³/mol. The van der Waals surface area contributed by atoms with E-state index in [0.717, 1.165) is 30.4 Å². The summed E-state index contributed by atoms with van der Waals surface area (Å²) in [5.74, 6) is 0. The number of fused-ring (bicyclic) bond motifs is 1. The standard InChI is InChI=1S/C26H30O3SSi/c1-26(2,3)31(22-12-6-4-7-13-22,23-14-8-5-9-15-23)29-25-16-10-11-20-19-21(30(27)28)17-18-24(20)25/h4-9,12-15,17-19,25H,10-11,16H2,1-3H3,(H,27,28)/p-1. The van der Waals surface area contributed by atoms with Gasteiger partial charge in [-0.3, -0.25) is 4.21 Å². The molecule has 5 heteroatoms. The van der Waals surface area contributed by atoms with Crippen LogP contribution in [0.1, 0.15) is 50.8 Å². The summed E-state index contributed by atoms with van der Waals surface area (Å²) in [6.07, 6.45) is 2.77. The van der Waals surface area contributed by atoms with Crippen molar-refractivity contribution < 1.29 is 13.2 Å². The van der Waals surface area contributed by atoms with E-state index in [9.17, 15) is 8.76 Å². The minimum atomic E-state index is -2.66. The summed E-state index contributed by atoms with van der Waals surface area (Å²) >= 11 is -2.21. The Morgan fingerprint density at radius 3 is 2.03 bits per heavy atom. The van der Waals surface area contributed by atoms with Crippen LogP contribution in [0.2, 0.25) is 5.04 Å². The van der Waals surface area contributed by atoms with Crippen molar-refractivity contribution in [1.29, 1.82) is 0 Å². The molecule has 0 heterocycles. The molecule has 0 saturated heterocycles. The van der Waals surface area contributed by atoms with Crippen LogP contribution in [0.5, 0.6) is 0 Å². The van der Waals surface area contributed by atoms with Gasteiger partial charge in [-0.05, 0) is 69.0 Å². The van der Waals surface area contributed by atoms with Crippen LogP contribution in [0.15, 0.2) is 83.8 Å². The number of benzene rings is 3. The highest BCUT2D eigenvalue weighted by Crippen LogP contribution is 2.43. The first kappa shape index (κ1) is 22.2. The molecule has 0 radical (unpaired) electrons. The molecule has 2 atom stereocenters. The van der Waals surface area contributed by atoms with E-state index in [1.54, 1.807) is 6.07 Å². The summed E-state index contributed by atoms with van der Waals surface area (Å²) < 4.78 is 30.3. The van der Waals surface area contributed by atoms with Crippen molar-refractivity contribution in [3.63, 3.8) is 0 Å². The summed E-state index contributed by atoms with van der Waals surface area (Å²) in [4.78, 5) is 0.352. The van der Waals surface area contributed by atoms with Gasteiger partial charge in [-0.2, -0.15) is 0 Å². The second-order valence-electron chi connectivity index (χ2n) is 9.26. The highest BCUT2D eigenvalue weighted by Gasteiger charge is 2.51.